The molecule has 3 unspecified atom stereocenters. The molecular weight excluding hydrogens is 370 g/mol. The van der Waals surface area contributed by atoms with E-state index in [1.54, 1.807) is 7.05 Å². The van der Waals surface area contributed by atoms with Gasteiger partial charge in [0.15, 0.2) is 5.96 Å². The van der Waals surface area contributed by atoms with Crippen molar-refractivity contribution in [3.05, 3.63) is 29.3 Å². The van der Waals surface area contributed by atoms with Crippen molar-refractivity contribution in [2.45, 2.75) is 83.7 Å². The molecule has 2 rings (SSSR count). The fourth-order valence-corrected chi connectivity index (χ4v) is 4.90. The second kappa shape index (κ2) is 10.3. The first-order valence-electron chi connectivity index (χ1n) is 10.3. The lowest BCUT2D eigenvalue weighted by atomic mass is 9.95. The number of rotatable bonds is 6. The number of hydrogen-bond acceptors (Lipinski definition) is 3. The highest BCUT2D eigenvalue weighted by molar-refractivity contribution is 7.85. The van der Waals surface area contributed by atoms with E-state index in [0.29, 0.717) is 17.8 Å². The van der Waals surface area contributed by atoms with Crippen LogP contribution in [0.4, 0.5) is 0 Å². The summed E-state index contributed by atoms with van der Waals surface area (Å²) in [4.78, 5) is 4.39. The van der Waals surface area contributed by atoms with Gasteiger partial charge in [-0.3, -0.25) is 9.20 Å². The molecule has 1 aromatic rings. The van der Waals surface area contributed by atoms with Gasteiger partial charge in [0.2, 0.25) is 0 Å². The minimum atomic E-state index is -0.716. The van der Waals surface area contributed by atoms with Crippen molar-refractivity contribution in [3.63, 3.8) is 0 Å². The summed E-state index contributed by atoms with van der Waals surface area (Å²) < 4.78 is 18.3. The third-order valence-corrected chi connectivity index (χ3v) is 6.67. The summed E-state index contributed by atoms with van der Waals surface area (Å²) in [6.07, 6.45) is 4.24. The van der Waals surface area contributed by atoms with Crippen LogP contribution in [0.15, 0.2) is 23.2 Å². The zero-order chi connectivity index (χ0) is 20.7. The van der Waals surface area contributed by atoms with Crippen LogP contribution in [0.3, 0.4) is 0 Å². The van der Waals surface area contributed by atoms with Crippen molar-refractivity contribution in [2.75, 3.05) is 12.8 Å². The smallest absolute Gasteiger partial charge is 0.191 e. The predicted molar refractivity (Wildman–Crippen MR) is 120 cm³/mol. The number of hydrogen-bond donors (Lipinski definition) is 2. The predicted octanol–water partition coefficient (Wildman–Crippen LogP) is 3.92. The Morgan fingerprint density at radius 2 is 2.07 bits per heavy atom. The molecule has 5 nitrogen and oxygen atoms in total. The molecule has 1 aliphatic carbocycles. The largest absolute Gasteiger partial charge is 0.488 e. The zero-order valence-corrected chi connectivity index (χ0v) is 19.1. The van der Waals surface area contributed by atoms with Crippen LogP contribution in [0.25, 0.3) is 0 Å². The molecule has 2 N–H and O–H groups in total. The Hall–Kier alpha value is -1.56. The highest BCUT2D eigenvalue weighted by atomic mass is 32.2. The Bertz CT molecular complexity index is 698. The first kappa shape index (κ1) is 22.7. The zero-order valence-electron chi connectivity index (χ0n) is 18.3. The van der Waals surface area contributed by atoms with Gasteiger partial charge in [-0.2, -0.15) is 0 Å². The van der Waals surface area contributed by atoms with Gasteiger partial charge < -0.3 is 15.4 Å². The van der Waals surface area contributed by atoms with E-state index in [2.05, 4.69) is 61.5 Å². The molecule has 0 heterocycles. The summed E-state index contributed by atoms with van der Waals surface area (Å²) in [5.41, 5.74) is 2.05. The molecule has 1 saturated carbocycles. The van der Waals surface area contributed by atoms with E-state index < -0.39 is 10.8 Å². The molecule has 6 heteroatoms. The molecule has 158 valence electrons. The molecule has 1 aromatic carbocycles. The third-order valence-electron chi connectivity index (χ3n) is 4.93. The van der Waals surface area contributed by atoms with Gasteiger partial charge in [-0.25, -0.2) is 0 Å². The Balaban J connectivity index is 1.98. The molecule has 1 aliphatic rings. The van der Waals surface area contributed by atoms with Crippen molar-refractivity contribution in [1.82, 2.24) is 10.6 Å². The minimum absolute atomic E-state index is 0.242. The average Bonchev–Trinajstić information content (AvgIpc) is 2.64. The quantitative estimate of drug-likeness (QED) is 0.554. The van der Waals surface area contributed by atoms with E-state index in [1.165, 1.54) is 5.56 Å². The topological polar surface area (TPSA) is 62.7 Å². The number of nitrogens with zero attached hydrogens (tertiary/aromatic N) is 1. The van der Waals surface area contributed by atoms with E-state index in [4.69, 9.17) is 4.74 Å². The standard InChI is InChI=1S/C22H37N3O2S/c1-7-28(26)19-10-8-9-18(14-19)25-21(23-6)24-15-17-12-11-16(2)13-20(17)27-22(3,4)5/h11-13,18-19H,7-10,14-15H2,1-6H3,(H2,23,24,25). The van der Waals surface area contributed by atoms with Crippen molar-refractivity contribution in [3.8, 4) is 5.75 Å². The lowest BCUT2D eigenvalue weighted by molar-refractivity contribution is 0.129. The van der Waals surface area contributed by atoms with Gasteiger partial charge >= 0.3 is 0 Å². The molecule has 0 bridgehead atoms. The number of nitrogens with one attached hydrogen (secondary N) is 2. The highest BCUT2D eigenvalue weighted by Gasteiger charge is 2.26. The number of benzene rings is 1. The third kappa shape index (κ3) is 7.12. The second-order valence-electron chi connectivity index (χ2n) is 8.55. The van der Waals surface area contributed by atoms with Crippen LogP contribution in [0, 0.1) is 6.92 Å². The molecule has 0 saturated heterocycles. The monoisotopic (exact) mass is 407 g/mol. The van der Waals surface area contributed by atoms with Gasteiger partial charge in [0.1, 0.15) is 11.4 Å². The molecule has 0 radical (unpaired) electrons. The Kier molecular flexibility index (Phi) is 8.35. The summed E-state index contributed by atoms with van der Waals surface area (Å²) >= 11 is 0. The molecule has 0 amide bonds. The summed E-state index contributed by atoms with van der Waals surface area (Å²) in [6, 6.07) is 6.63. The number of ether oxygens (including phenoxy) is 1. The summed E-state index contributed by atoms with van der Waals surface area (Å²) in [7, 11) is 1.08. The average molecular weight is 408 g/mol. The molecule has 0 aromatic heterocycles. The molecule has 0 aliphatic heterocycles. The summed E-state index contributed by atoms with van der Waals surface area (Å²) in [5.74, 6) is 2.44. The minimum Gasteiger partial charge on any atom is -0.488 e. The Labute approximate surface area is 173 Å². The first-order chi connectivity index (χ1) is 13.2. The van der Waals surface area contributed by atoms with Gasteiger partial charge in [0.05, 0.1) is 0 Å². The number of guanidine groups is 1. The normalized spacial score (nSPS) is 21.9. The van der Waals surface area contributed by atoms with Crippen LogP contribution in [0.2, 0.25) is 0 Å². The van der Waals surface area contributed by atoms with E-state index in [1.807, 2.05) is 6.92 Å². The van der Waals surface area contributed by atoms with Crippen molar-refractivity contribution < 1.29 is 8.95 Å². The maximum absolute atomic E-state index is 12.2. The molecular formula is C22H37N3O2S. The van der Waals surface area contributed by atoms with Crippen LogP contribution >= 0.6 is 0 Å². The fourth-order valence-electron chi connectivity index (χ4n) is 3.55. The maximum atomic E-state index is 12.2. The molecule has 1 fully saturated rings. The van der Waals surface area contributed by atoms with Crippen molar-refractivity contribution >= 4 is 16.8 Å². The lowest BCUT2D eigenvalue weighted by Gasteiger charge is -2.30. The fraction of sp³-hybridized carbons (Fsp3) is 0.682. The Morgan fingerprint density at radius 1 is 1.32 bits per heavy atom. The van der Waals surface area contributed by atoms with Crippen LogP contribution in [0.5, 0.6) is 5.75 Å². The molecule has 0 spiro atoms. The number of aliphatic imine (C=N–C) groups is 1. The van der Waals surface area contributed by atoms with Crippen LogP contribution in [-0.2, 0) is 17.3 Å². The van der Waals surface area contributed by atoms with E-state index in [-0.39, 0.29) is 5.60 Å². The van der Waals surface area contributed by atoms with Crippen LogP contribution < -0.4 is 15.4 Å². The van der Waals surface area contributed by atoms with Gasteiger partial charge in [-0.05, 0) is 58.6 Å². The first-order valence-corrected chi connectivity index (χ1v) is 11.7. The van der Waals surface area contributed by atoms with Crippen LogP contribution in [-0.4, -0.2) is 39.9 Å². The molecule has 3 atom stereocenters. The van der Waals surface area contributed by atoms with Gasteiger partial charge in [0, 0.05) is 47.0 Å². The summed E-state index contributed by atoms with van der Waals surface area (Å²) in [6.45, 7) is 10.9. The summed E-state index contributed by atoms with van der Waals surface area (Å²) in [5, 5.41) is 7.25. The Morgan fingerprint density at radius 3 is 2.71 bits per heavy atom. The van der Waals surface area contributed by atoms with Crippen molar-refractivity contribution in [2.24, 2.45) is 4.99 Å². The lowest BCUT2D eigenvalue weighted by Crippen LogP contribution is -2.46. The van der Waals surface area contributed by atoms with Crippen molar-refractivity contribution in [1.29, 1.82) is 0 Å². The molecule has 28 heavy (non-hydrogen) atoms. The van der Waals surface area contributed by atoms with Gasteiger partial charge in [-0.15, -0.1) is 0 Å². The van der Waals surface area contributed by atoms with E-state index in [9.17, 15) is 4.21 Å². The van der Waals surface area contributed by atoms with Gasteiger partial charge in [0.25, 0.3) is 0 Å². The van der Waals surface area contributed by atoms with Crippen LogP contribution in [0.1, 0.15) is 64.5 Å². The maximum Gasteiger partial charge on any atom is 0.191 e. The van der Waals surface area contributed by atoms with Gasteiger partial charge in [-0.1, -0.05) is 25.5 Å². The SMILES string of the molecule is CCS(=O)C1CCCC(NC(=NC)NCc2ccc(C)cc2OC(C)(C)C)C1. The van der Waals surface area contributed by atoms with E-state index >= 15 is 0 Å². The second-order valence-corrected chi connectivity index (χ2v) is 10.6. The van der Waals surface area contributed by atoms with E-state index in [0.717, 1.165) is 48.7 Å². The highest BCUT2D eigenvalue weighted by Crippen LogP contribution is 2.25. The number of aryl methyl sites for hydroxylation is 1.